The highest BCUT2D eigenvalue weighted by atomic mass is 35.5. The van der Waals surface area contributed by atoms with Crippen LogP contribution in [0.3, 0.4) is 0 Å². The smallest absolute Gasteiger partial charge is 0.225 e. The average molecular weight is 341 g/mol. The van der Waals surface area contributed by atoms with E-state index in [-0.39, 0.29) is 0 Å². The van der Waals surface area contributed by atoms with Crippen LogP contribution in [0.25, 0.3) is 22.3 Å². The second-order valence-electron chi connectivity index (χ2n) is 5.24. The summed E-state index contributed by atoms with van der Waals surface area (Å²) in [7, 11) is 1.80. The van der Waals surface area contributed by atoms with Crippen LogP contribution in [-0.4, -0.2) is 29.9 Å². The molecule has 0 aliphatic heterocycles. The number of aromatic amines is 1. The summed E-state index contributed by atoms with van der Waals surface area (Å²) in [5, 5.41) is 15.9. The van der Waals surface area contributed by atoms with Crippen molar-refractivity contribution in [3.05, 3.63) is 41.7 Å². The maximum atomic E-state index is 6.43. The van der Waals surface area contributed by atoms with Gasteiger partial charge in [-0.05, 0) is 24.3 Å². The lowest BCUT2D eigenvalue weighted by atomic mass is 10.2. The fraction of sp³-hybridized carbons (Fsp3) is 0.0667. The van der Waals surface area contributed by atoms with Crippen molar-refractivity contribution in [2.45, 2.75) is 0 Å². The lowest BCUT2D eigenvalue weighted by Crippen LogP contribution is -2.00. The minimum absolute atomic E-state index is 0.419. The van der Waals surface area contributed by atoms with Gasteiger partial charge in [-0.25, -0.2) is 9.67 Å². The summed E-state index contributed by atoms with van der Waals surface area (Å²) in [4.78, 5) is 8.47. The largest absolute Gasteiger partial charge is 0.384 e. The molecule has 0 saturated heterocycles. The molecule has 0 spiro atoms. The van der Waals surface area contributed by atoms with E-state index in [2.05, 4.69) is 30.6 Å². The fourth-order valence-corrected chi connectivity index (χ4v) is 2.66. The van der Waals surface area contributed by atoms with Gasteiger partial charge in [-0.15, -0.1) is 5.10 Å². The summed E-state index contributed by atoms with van der Waals surface area (Å²) < 4.78 is 1.64. The number of fused-ring (bicyclic) bond motifs is 1. The predicted octanol–water partition coefficient (Wildman–Crippen LogP) is 2.73. The topological polar surface area (TPSA) is 110 Å². The number of benzene rings is 1. The van der Waals surface area contributed by atoms with Crippen LogP contribution < -0.4 is 11.1 Å². The van der Waals surface area contributed by atoms with Crippen molar-refractivity contribution in [3.8, 4) is 11.4 Å². The number of aromatic nitrogens is 6. The van der Waals surface area contributed by atoms with E-state index >= 15 is 0 Å². The summed E-state index contributed by atoms with van der Waals surface area (Å²) in [6.07, 6.45) is 3.31. The van der Waals surface area contributed by atoms with Crippen molar-refractivity contribution >= 4 is 40.0 Å². The van der Waals surface area contributed by atoms with Gasteiger partial charge in [-0.1, -0.05) is 11.6 Å². The van der Waals surface area contributed by atoms with Gasteiger partial charge in [-0.2, -0.15) is 10.1 Å². The zero-order chi connectivity index (χ0) is 16.7. The lowest BCUT2D eigenvalue weighted by Gasteiger charge is -2.07. The normalized spacial score (nSPS) is 11.1. The van der Waals surface area contributed by atoms with Crippen LogP contribution in [0.5, 0.6) is 0 Å². The third kappa shape index (κ3) is 2.42. The number of halogens is 1. The van der Waals surface area contributed by atoms with Gasteiger partial charge in [-0.3, -0.25) is 5.10 Å². The second-order valence-corrected chi connectivity index (χ2v) is 5.61. The fourth-order valence-electron chi connectivity index (χ4n) is 2.40. The molecule has 4 aromatic rings. The second kappa shape index (κ2) is 5.50. The molecule has 0 radical (unpaired) electrons. The quantitative estimate of drug-likeness (QED) is 0.529. The van der Waals surface area contributed by atoms with Crippen molar-refractivity contribution in [3.63, 3.8) is 0 Å². The molecule has 0 fully saturated rings. The highest BCUT2D eigenvalue weighted by molar-refractivity contribution is 6.38. The number of hydrogen-bond donors (Lipinski definition) is 3. The van der Waals surface area contributed by atoms with Crippen molar-refractivity contribution in [2.24, 2.45) is 7.05 Å². The van der Waals surface area contributed by atoms with Gasteiger partial charge in [0.2, 0.25) is 5.95 Å². The van der Waals surface area contributed by atoms with Crippen LogP contribution in [0, 0.1) is 0 Å². The standard InChI is InChI=1S/C15H13ClN8/c1-24-15(21-14(23-24)8-4-5-18-12(17)6-8)20-11-3-2-10-9(13(11)16)7-19-22-10/h2-7H,1H3,(H2,17,18)(H,19,22)(H,20,21,23). The van der Waals surface area contributed by atoms with E-state index in [0.29, 0.717) is 22.6 Å². The van der Waals surface area contributed by atoms with Gasteiger partial charge in [0.25, 0.3) is 0 Å². The number of hydrogen-bond acceptors (Lipinski definition) is 6. The van der Waals surface area contributed by atoms with Crippen molar-refractivity contribution < 1.29 is 0 Å². The molecule has 120 valence electrons. The maximum Gasteiger partial charge on any atom is 0.225 e. The van der Waals surface area contributed by atoms with Gasteiger partial charge in [0, 0.05) is 24.2 Å². The van der Waals surface area contributed by atoms with Crippen LogP contribution >= 0.6 is 11.6 Å². The highest BCUT2D eigenvalue weighted by Crippen LogP contribution is 2.31. The molecular weight excluding hydrogens is 328 g/mol. The molecule has 0 aliphatic carbocycles. The van der Waals surface area contributed by atoms with E-state index in [1.54, 1.807) is 36.3 Å². The number of H-pyrrole nitrogens is 1. The molecule has 4 rings (SSSR count). The summed E-state index contributed by atoms with van der Waals surface area (Å²) in [5.41, 5.74) is 8.10. The molecule has 0 bridgehead atoms. The van der Waals surface area contributed by atoms with E-state index in [1.165, 1.54) is 0 Å². The predicted molar refractivity (Wildman–Crippen MR) is 93.0 cm³/mol. The maximum absolute atomic E-state index is 6.43. The number of anilines is 3. The minimum Gasteiger partial charge on any atom is -0.384 e. The Hall–Kier alpha value is -3.13. The third-order valence-electron chi connectivity index (χ3n) is 3.61. The molecule has 0 atom stereocenters. The van der Waals surface area contributed by atoms with E-state index in [9.17, 15) is 0 Å². The van der Waals surface area contributed by atoms with E-state index in [1.807, 2.05) is 12.1 Å². The van der Waals surface area contributed by atoms with Gasteiger partial charge in [0.1, 0.15) is 5.82 Å². The van der Waals surface area contributed by atoms with Crippen LogP contribution in [0.15, 0.2) is 36.7 Å². The van der Waals surface area contributed by atoms with Crippen LogP contribution in [0.4, 0.5) is 17.5 Å². The average Bonchev–Trinajstić information content (AvgIpc) is 3.18. The van der Waals surface area contributed by atoms with Gasteiger partial charge >= 0.3 is 0 Å². The summed E-state index contributed by atoms with van der Waals surface area (Å²) in [5.74, 6) is 1.53. The molecule has 24 heavy (non-hydrogen) atoms. The Morgan fingerprint density at radius 2 is 2.17 bits per heavy atom. The Balaban J connectivity index is 1.70. The van der Waals surface area contributed by atoms with Crippen LogP contribution in [0.1, 0.15) is 0 Å². The van der Waals surface area contributed by atoms with E-state index < -0.39 is 0 Å². The van der Waals surface area contributed by atoms with Crippen molar-refractivity contribution in [1.82, 2.24) is 29.9 Å². The summed E-state index contributed by atoms with van der Waals surface area (Å²) >= 11 is 6.43. The number of aryl methyl sites for hydroxylation is 1. The first-order valence-electron chi connectivity index (χ1n) is 7.13. The Morgan fingerprint density at radius 1 is 1.29 bits per heavy atom. The number of nitrogens with one attached hydrogen (secondary N) is 2. The zero-order valence-electron chi connectivity index (χ0n) is 12.7. The molecule has 1 aromatic carbocycles. The van der Waals surface area contributed by atoms with Gasteiger partial charge < -0.3 is 11.1 Å². The SMILES string of the molecule is Cn1nc(-c2ccnc(N)c2)nc1Nc1ccc2[nH]ncc2c1Cl. The number of nitrogens with zero attached hydrogens (tertiary/aromatic N) is 5. The molecule has 3 heterocycles. The number of nitrogens with two attached hydrogens (primary N) is 1. The monoisotopic (exact) mass is 340 g/mol. The molecule has 3 aromatic heterocycles. The molecule has 0 aliphatic rings. The molecule has 0 amide bonds. The van der Waals surface area contributed by atoms with E-state index in [0.717, 1.165) is 22.2 Å². The van der Waals surface area contributed by atoms with E-state index in [4.69, 9.17) is 17.3 Å². The Morgan fingerprint density at radius 3 is 3.00 bits per heavy atom. The Labute approximate surface area is 141 Å². The Bertz CT molecular complexity index is 1040. The van der Waals surface area contributed by atoms with Gasteiger partial charge in [0.15, 0.2) is 5.82 Å². The first-order chi connectivity index (χ1) is 11.6. The summed E-state index contributed by atoms with van der Waals surface area (Å²) in [6.45, 7) is 0. The molecule has 8 nitrogen and oxygen atoms in total. The molecular formula is C15H13ClN8. The van der Waals surface area contributed by atoms with Crippen molar-refractivity contribution in [2.75, 3.05) is 11.1 Å². The first-order valence-corrected chi connectivity index (χ1v) is 7.51. The number of nitrogen functional groups attached to an aromatic ring is 1. The van der Waals surface area contributed by atoms with Gasteiger partial charge in [0.05, 0.1) is 22.4 Å². The minimum atomic E-state index is 0.419. The van der Waals surface area contributed by atoms with Crippen LogP contribution in [-0.2, 0) is 7.05 Å². The zero-order valence-corrected chi connectivity index (χ0v) is 13.4. The number of rotatable bonds is 3. The Kier molecular flexibility index (Phi) is 3.31. The summed E-state index contributed by atoms with van der Waals surface area (Å²) in [6, 6.07) is 7.29. The highest BCUT2D eigenvalue weighted by Gasteiger charge is 2.13. The number of pyridine rings is 1. The molecule has 4 N–H and O–H groups in total. The lowest BCUT2D eigenvalue weighted by molar-refractivity contribution is 0.778. The molecule has 0 unspecified atom stereocenters. The molecule has 9 heteroatoms. The molecule has 0 saturated carbocycles. The van der Waals surface area contributed by atoms with Crippen molar-refractivity contribution in [1.29, 1.82) is 0 Å². The first kappa shape index (κ1) is 14.5. The third-order valence-corrected chi connectivity index (χ3v) is 4.01. The van der Waals surface area contributed by atoms with Crippen LogP contribution in [0.2, 0.25) is 5.02 Å².